The lowest BCUT2D eigenvalue weighted by molar-refractivity contribution is 0.177. The Kier molecular flexibility index (Phi) is 11.8. The van der Waals surface area contributed by atoms with Crippen molar-refractivity contribution in [1.82, 2.24) is 0 Å². The zero-order valence-electron chi connectivity index (χ0n) is 21.2. The zero-order valence-corrected chi connectivity index (χ0v) is 21.2. The Morgan fingerprint density at radius 2 is 1.12 bits per heavy atom. The SMILES string of the molecule is CCCCCC[C@H]1CC[C@H](COc2ccc(OCCC[C@H]3CC[C@H](CC)CC3)cc2)CC1. The van der Waals surface area contributed by atoms with E-state index in [9.17, 15) is 0 Å². The summed E-state index contributed by atoms with van der Waals surface area (Å²) in [5, 5.41) is 0. The summed E-state index contributed by atoms with van der Waals surface area (Å²) in [6.45, 7) is 6.36. The van der Waals surface area contributed by atoms with Gasteiger partial charge < -0.3 is 9.47 Å². The summed E-state index contributed by atoms with van der Waals surface area (Å²) in [6.07, 6.45) is 22.2. The molecule has 0 N–H and O–H groups in total. The van der Waals surface area contributed by atoms with E-state index >= 15 is 0 Å². The van der Waals surface area contributed by atoms with E-state index in [0.717, 1.165) is 48.4 Å². The predicted molar refractivity (Wildman–Crippen MR) is 137 cm³/mol. The van der Waals surface area contributed by atoms with Gasteiger partial charge in [-0.2, -0.15) is 0 Å². The highest BCUT2D eigenvalue weighted by Crippen LogP contribution is 2.34. The van der Waals surface area contributed by atoms with Gasteiger partial charge in [0.1, 0.15) is 11.5 Å². The minimum Gasteiger partial charge on any atom is -0.494 e. The molecule has 0 radical (unpaired) electrons. The Labute approximate surface area is 198 Å². The molecule has 0 atom stereocenters. The Balaban J connectivity index is 1.23. The summed E-state index contributed by atoms with van der Waals surface area (Å²) in [5.74, 6) is 5.63. The van der Waals surface area contributed by atoms with Gasteiger partial charge in [-0.15, -0.1) is 0 Å². The van der Waals surface area contributed by atoms with Crippen LogP contribution in [-0.4, -0.2) is 13.2 Å². The molecule has 0 unspecified atom stereocenters. The minimum atomic E-state index is 0.741. The summed E-state index contributed by atoms with van der Waals surface area (Å²) in [7, 11) is 0. The van der Waals surface area contributed by atoms with E-state index in [0.29, 0.717) is 0 Å². The van der Waals surface area contributed by atoms with Gasteiger partial charge in [-0.3, -0.25) is 0 Å². The molecule has 1 aromatic carbocycles. The van der Waals surface area contributed by atoms with Crippen molar-refractivity contribution in [2.45, 2.75) is 117 Å². The quantitative estimate of drug-likeness (QED) is 0.267. The molecule has 32 heavy (non-hydrogen) atoms. The first kappa shape index (κ1) is 25.4. The van der Waals surface area contributed by atoms with Crippen molar-refractivity contribution in [1.29, 1.82) is 0 Å². The standard InChI is InChI=1S/C30H50O2/c1-3-5-6-7-9-26-15-17-28(18-16-26)24-32-30-21-19-29(20-22-30)31-23-8-10-27-13-11-25(4-2)12-14-27/h19-22,25-28H,3-18,23-24H2,1-2H3/t25-,26-,27-,28-. The molecule has 1 aromatic rings. The molecule has 2 aliphatic rings. The molecule has 0 amide bonds. The molecule has 2 heteroatoms. The van der Waals surface area contributed by atoms with Crippen molar-refractivity contribution in [3.63, 3.8) is 0 Å². The van der Waals surface area contributed by atoms with Crippen molar-refractivity contribution in [2.24, 2.45) is 23.7 Å². The highest BCUT2D eigenvalue weighted by molar-refractivity contribution is 5.31. The third kappa shape index (κ3) is 9.36. The maximum absolute atomic E-state index is 6.12. The van der Waals surface area contributed by atoms with Crippen LogP contribution in [0.25, 0.3) is 0 Å². The molecule has 2 aliphatic carbocycles. The molecule has 0 aliphatic heterocycles. The highest BCUT2D eigenvalue weighted by Gasteiger charge is 2.21. The largest absolute Gasteiger partial charge is 0.494 e. The topological polar surface area (TPSA) is 18.5 Å². The Morgan fingerprint density at radius 1 is 0.594 bits per heavy atom. The van der Waals surface area contributed by atoms with Crippen LogP contribution < -0.4 is 9.47 Å². The van der Waals surface area contributed by atoms with Crippen LogP contribution in [0.5, 0.6) is 11.5 Å². The average Bonchev–Trinajstić information content (AvgIpc) is 2.85. The molecule has 0 aromatic heterocycles. The normalized spacial score (nSPS) is 26.1. The van der Waals surface area contributed by atoms with Crippen molar-refractivity contribution >= 4 is 0 Å². The fraction of sp³-hybridized carbons (Fsp3) is 0.800. The first-order chi connectivity index (χ1) is 15.8. The molecule has 0 heterocycles. The molecular formula is C30H50O2. The van der Waals surface area contributed by atoms with Gasteiger partial charge in [-0.05, 0) is 73.6 Å². The lowest BCUT2D eigenvalue weighted by Gasteiger charge is -2.28. The van der Waals surface area contributed by atoms with E-state index in [1.165, 1.54) is 103 Å². The van der Waals surface area contributed by atoms with Crippen molar-refractivity contribution in [3.05, 3.63) is 24.3 Å². The molecule has 2 nitrogen and oxygen atoms in total. The van der Waals surface area contributed by atoms with E-state index in [2.05, 4.69) is 38.1 Å². The fourth-order valence-electron chi connectivity index (χ4n) is 5.88. The molecular weight excluding hydrogens is 392 g/mol. The van der Waals surface area contributed by atoms with E-state index in [4.69, 9.17) is 9.47 Å². The number of unbranched alkanes of at least 4 members (excludes halogenated alkanes) is 3. The van der Waals surface area contributed by atoms with Crippen LogP contribution in [0.3, 0.4) is 0 Å². The number of hydrogen-bond acceptors (Lipinski definition) is 2. The first-order valence-electron chi connectivity index (χ1n) is 14.1. The third-order valence-electron chi connectivity index (χ3n) is 8.31. The van der Waals surface area contributed by atoms with Crippen molar-refractivity contribution < 1.29 is 9.47 Å². The monoisotopic (exact) mass is 442 g/mol. The van der Waals surface area contributed by atoms with Gasteiger partial charge >= 0.3 is 0 Å². The molecule has 3 rings (SSSR count). The fourth-order valence-corrected chi connectivity index (χ4v) is 5.88. The van der Waals surface area contributed by atoms with Gasteiger partial charge in [0.15, 0.2) is 0 Å². The van der Waals surface area contributed by atoms with Crippen LogP contribution in [0.1, 0.15) is 117 Å². The number of benzene rings is 1. The van der Waals surface area contributed by atoms with Gasteiger partial charge in [-0.1, -0.05) is 90.9 Å². The van der Waals surface area contributed by atoms with Gasteiger partial charge in [0.25, 0.3) is 0 Å². The third-order valence-corrected chi connectivity index (χ3v) is 8.31. The summed E-state index contributed by atoms with van der Waals surface area (Å²) in [5.41, 5.74) is 0. The number of hydrogen-bond donors (Lipinski definition) is 0. The molecule has 182 valence electrons. The Hall–Kier alpha value is -1.18. The van der Waals surface area contributed by atoms with E-state index in [1.807, 2.05) is 0 Å². The maximum Gasteiger partial charge on any atom is 0.119 e. The van der Waals surface area contributed by atoms with E-state index in [-0.39, 0.29) is 0 Å². The zero-order chi connectivity index (χ0) is 22.4. The van der Waals surface area contributed by atoms with Crippen LogP contribution in [0.15, 0.2) is 24.3 Å². The van der Waals surface area contributed by atoms with Gasteiger partial charge in [0.05, 0.1) is 13.2 Å². The van der Waals surface area contributed by atoms with Gasteiger partial charge in [0.2, 0.25) is 0 Å². The van der Waals surface area contributed by atoms with E-state index in [1.54, 1.807) is 0 Å². The number of rotatable bonds is 14. The minimum absolute atomic E-state index is 0.741. The van der Waals surface area contributed by atoms with Crippen LogP contribution in [0.2, 0.25) is 0 Å². The van der Waals surface area contributed by atoms with Crippen molar-refractivity contribution in [3.8, 4) is 11.5 Å². The Morgan fingerprint density at radius 3 is 1.72 bits per heavy atom. The summed E-state index contributed by atoms with van der Waals surface area (Å²) >= 11 is 0. The van der Waals surface area contributed by atoms with Crippen LogP contribution >= 0.6 is 0 Å². The van der Waals surface area contributed by atoms with Crippen LogP contribution in [0, 0.1) is 23.7 Å². The van der Waals surface area contributed by atoms with Crippen LogP contribution in [-0.2, 0) is 0 Å². The van der Waals surface area contributed by atoms with Crippen LogP contribution in [0.4, 0.5) is 0 Å². The Bertz CT molecular complexity index is 579. The lowest BCUT2D eigenvalue weighted by Crippen LogP contribution is -2.20. The van der Waals surface area contributed by atoms with Gasteiger partial charge in [-0.25, -0.2) is 0 Å². The smallest absolute Gasteiger partial charge is 0.119 e. The molecule has 0 spiro atoms. The second kappa shape index (κ2) is 14.9. The predicted octanol–water partition coefficient (Wildman–Crippen LogP) is 9.22. The lowest BCUT2D eigenvalue weighted by atomic mass is 9.79. The molecule has 2 saturated carbocycles. The van der Waals surface area contributed by atoms with Crippen molar-refractivity contribution in [2.75, 3.05) is 13.2 Å². The second-order valence-electron chi connectivity index (χ2n) is 10.8. The summed E-state index contributed by atoms with van der Waals surface area (Å²) < 4.78 is 12.1. The summed E-state index contributed by atoms with van der Waals surface area (Å²) in [6, 6.07) is 8.32. The summed E-state index contributed by atoms with van der Waals surface area (Å²) in [4.78, 5) is 0. The number of ether oxygens (including phenoxy) is 2. The first-order valence-corrected chi connectivity index (χ1v) is 14.1. The highest BCUT2D eigenvalue weighted by atomic mass is 16.5. The second-order valence-corrected chi connectivity index (χ2v) is 10.8. The van der Waals surface area contributed by atoms with Gasteiger partial charge in [0, 0.05) is 0 Å². The van der Waals surface area contributed by atoms with E-state index < -0.39 is 0 Å². The molecule has 0 bridgehead atoms. The molecule has 0 saturated heterocycles. The molecule has 2 fully saturated rings. The average molecular weight is 443 g/mol. The maximum atomic E-state index is 6.12.